The third-order valence-corrected chi connectivity index (χ3v) is 3.95. The Morgan fingerprint density at radius 1 is 1.14 bits per heavy atom. The molecule has 10 heteroatoms. The van der Waals surface area contributed by atoms with Crippen molar-refractivity contribution in [2.45, 2.75) is 6.92 Å². The zero-order valence-electron chi connectivity index (χ0n) is 14.6. The Labute approximate surface area is 164 Å². The molecule has 0 aliphatic heterocycles. The number of para-hydroxylation sites is 1. The van der Waals surface area contributed by atoms with Gasteiger partial charge in [0, 0.05) is 0 Å². The molecular formula is C18H15ClN4O5. The molecule has 0 unspecified atom stereocenters. The molecule has 2 N–H and O–H groups in total. The van der Waals surface area contributed by atoms with Gasteiger partial charge in [-0.15, -0.1) is 0 Å². The van der Waals surface area contributed by atoms with Gasteiger partial charge in [-0.3, -0.25) is 20.4 Å². The van der Waals surface area contributed by atoms with Crippen molar-refractivity contribution in [1.29, 1.82) is 0 Å². The van der Waals surface area contributed by atoms with E-state index in [9.17, 15) is 14.4 Å². The van der Waals surface area contributed by atoms with Crippen molar-refractivity contribution in [2.24, 2.45) is 0 Å². The van der Waals surface area contributed by atoms with Crippen LogP contribution in [0.2, 0.25) is 5.15 Å². The van der Waals surface area contributed by atoms with E-state index in [-0.39, 0.29) is 16.5 Å². The Morgan fingerprint density at radius 3 is 2.57 bits per heavy atom. The summed E-state index contributed by atoms with van der Waals surface area (Å²) in [6, 6.07) is 12.0. The first-order valence-electron chi connectivity index (χ1n) is 8.07. The van der Waals surface area contributed by atoms with Crippen molar-refractivity contribution in [2.75, 3.05) is 6.61 Å². The normalized spacial score (nSPS) is 10.4. The molecule has 0 fully saturated rings. The summed E-state index contributed by atoms with van der Waals surface area (Å²) in [5.74, 6) is -2.17. The van der Waals surface area contributed by atoms with E-state index in [2.05, 4.69) is 16.0 Å². The first kappa shape index (κ1) is 19.2. The number of halogens is 1. The largest absolute Gasteiger partial charge is 0.459 e. The minimum atomic E-state index is -0.808. The fourth-order valence-electron chi connectivity index (χ4n) is 2.31. The molecule has 9 nitrogen and oxygen atoms in total. The molecular weight excluding hydrogens is 388 g/mol. The molecule has 0 saturated carbocycles. The van der Waals surface area contributed by atoms with Crippen LogP contribution in [0.1, 0.15) is 26.6 Å². The van der Waals surface area contributed by atoms with Crippen LogP contribution in [-0.4, -0.2) is 34.2 Å². The summed E-state index contributed by atoms with van der Waals surface area (Å²) in [6.07, 6.45) is 1.32. The van der Waals surface area contributed by atoms with Gasteiger partial charge in [0.25, 0.3) is 5.91 Å². The van der Waals surface area contributed by atoms with Gasteiger partial charge in [-0.05, 0) is 31.2 Å². The number of rotatable bonds is 5. The first-order valence-corrected chi connectivity index (χ1v) is 8.45. The topological polar surface area (TPSA) is 115 Å². The lowest BCUT2D eigenvalue weighted by atomic mass is 10.2. The molecule has 0 spiro atoms. The van der Waals surface area contributed by atoms with Gasteiger partial charge in [0.1, 0.15) is 10.7 Å². The highest BCUT2D eigenvalue weighted by molar-refractivity contribution is 6.33. The average molecular weight is 403 g/mol. The van der Waals surface area contributed by atoms with Crippen molar-refractivity contribution in [3.63, 3.8) is 0 Å². The third-order valence-electron chi connectivity index (χ3n) is 3.60. The first-order chi connectivity index (χ1) is 13.5. The predicted molar refractivity (Wildman–Crippen MR) is 97.9 cm³/mol. The summed E-state index contributed by atoms with van der Waals surface area (Å²) in [6.45, 7) is 0.981. The fraction of sp³-hybridized carbons (Fsp3) is 0.111. The number of furan rings is 1. The second-order valence-corrected chi connectivity index (χ2v) is 5.91. The molecule has 0 aliphatic carbocycles. The summed E-state index contributed by atoms with van der Waals surface area (Å²) in [4.78, 5) is 35.7. The SMILES string of the molecule is Cc1nn(-c2ccccc2)c(Cl)c1C(=O)OCC(=O)NNC(=O)c1ccco1. The quantitative estimate of drug-likeness (QED) is 0.498. The van der Waals surface area contributed by atoms with Gasteiger partial charge in [-0.1, -0.05) is 29.8 Å². The monoisotopic (exact) mass is 402 g/mol. The Hall–Kier alpha value is -3.59. The molecule has 0 atom stereocenters. The highest BCUT2D eigenvalue weighted by Crippen LogP contribution is 2.24. The zero-order valence-corrected chi connectivity index (χ0v) is 15.4. The highest BCUT2D eigenvalue weighted by Gasteiger charge is 2.23. The molecule has 0 aliphatic rings. The van der Waals surface area contributed by atoms with Gasteiger partial charge >= 0.3 is 11.9 Å². The number of nitrogens with one attached hydrogen (secondary N) is 2. The number of hydrogen-bond acceptors (Lipinski definition) is 6. The Kier molecular flexibility index (Phi) is 5.75. The summed E-state index contributed by atoms with van der Waals surface area (Å²) < 4.78 is 11.2. The third kappa shape index (κ3) is 4.21. The van der Waals surface area contributed by atoms with Gasteiger partial charge in [-0.2, -0.15) is 5.10 Å². The van der Waals surface area contributed by atoms with Gasteiger partial charge < -0.3 is 9.15 Å². The number of hydrogen-bond donors (Lipinski definition) is 2. The molecule has 0 radical (unpaired) electrons. The number of carbonyl (C=O) groups excluding carboxylic acids is 3. The summed E-state index contributed by atoms with van der Waals surface area (Å²) in [5.41, 5.74) is 5.32. The lowest BCUT2D eigenvalue weighted by Gasteiger charge is -2.07. The Balaban J connectivity index is 1.58. The van der Waals surface area contributed by atoms with Gasteiger partial charge in [0.2, 0.25) is 0 Å². The van der Waals surface area contributed by atoms with Crippen molar-refractivity contribution < 1.29 is 23.5 Å². The lowest BCUT2D eigenvalue weighted by Crippen LogP contribution is -2.43. The van der Waals surface area contributed by atoms with Crippen LogP contribution in [0.3, 0.4) is 0 Å². The number of amides is 2. The van der Waals surface area contributed by atoms with Crippen LogP contribution in [0.25, 0.3) is 5.69 Å². The fourth-order valence-corrected chi connectivity index (χ4v) is 2.66. The van der Waals surface area contributed by atoms with E-state index >= 15 is 0 Å². The van der Waals surface area contributed by atoms with Crippen LogP contribution in [0.4, 0.5) is 0 Å². The van der Waals surface area contributed by atoms with Crippen LogP contribution < -0.4 is 10.9 Å². The molecule has 28 heavy (non-hydrogen) atoms. The average Bonchev–Trinajstić information content (AvgIpc) is 3.33. The van der Waals surface area contributed by atoms with Crippen molar-refractivity contribution in [3.8, 4) is 5.69 Å². The van der Waals surface area contributed by atoms with E-state index in [0.717, 1.165) is 0 Å². The summed E-state index contributed by atoms with van der Waals surface area (Å²) in [5, 5.41) is 4.30. The van der Waals surface area contributed by atoms with Crippen molar-refractivity contribution in [3.05, 3.63) is 70.9 Å². The van der Waals surface area contributed by atoms with E-state index < -0.39 is 24.4 Å². The molecule has 1 aromatic carbocycles. The lowest BCUT2D eigenvalue weighted by molar-refractivity contribution is -0.125. The summed E-state index contributed by atoms with van der Waals surface area (Å²) in [7, 11) is 0. The standard InChI is InChI=1S/C18H15ClN4O5/c1-11-15(16(19)23(22-11)12-6-3-2-4-7-12)18(26)28-10-14(24)20-21-17(25)13-8-5-9-27-13/h2-9H,10H2,1H3,(H,20,24)(H,21,25). The molecule has 0 bridgehead atoms. The second-order valence-electron chi connectivity index (χ2n) is 5.55. The highest BCUT2D eigenvalue weighted by atomic mass is 35.5. The molecule has 3 rings (SSSR count). The minimum Gasteiger partial charge on any atom is -0.459 e. The Morgan fingerprint density at radius 2 is 1.89 bits per heavy atom. The number of hydrazine groups is 1. The van der Waals surface area contributed by atoms with E-state index in [1.165, 1.54) is 23.1 Å². The van der Waals surface area contributed by atoms with Crippen LogP contribution >= 0.6 is 11.6 Å². The van der Waals surface area contributed by atoms with E-state index in [1.807, 2.05) is 18.2 Å². The van der Waals surface area contributed by atoms with E-state index in [0.29, 0.717) is 11.4 Å². The molecule has 144 valence electrons. The van der Waals surface area contributed by atoms with Crippen molar-refractivity contribution >= 4 is 29.4 Å². The van der Waals surface area contributed by atoms with Gasteiger partial charge in [0.05, 0.1) is 17.6 Å². The van der Waals surface area contributed by atoms with Gasteiger partial charge in [0.15, 0.2) is 12.4 Å². The number of esters is 1. The summed E-state index contributed by atoms with van der Waals surface area (Å²) >= 11 is 6.27. The van der Waals surface area contributed by atoms with Crippen LogP contribution in [-0.2, 0) is 9.53 Å². The zero-order chi connectivity index (χ0) is 20.1. The number of ether oxygens (including phenoxy) is 1. The maximum atomic E-state index is 12.3. The second kappa shape index (κ2) is 8.40. The van der Waals surface area contributed by atoms with E-state index in [1.54, 1.807) is 19.1 Å². The smallest absolute Gasteiger partial charge is 0.343 e. The molecule has 0 saturated heterocycles. The molecule has 3 aromatic rings. The number of carbonyl (C=O) groups is 3. The maximum absolute atomic E-state index is 12.3. The van der Waals surface area contributed by atoms with Crippen molar-refractivity contribution in [1.82, 2.24) is 20.6 Å². The number of aryl methyl sites for hydroxylation is 1. The van der Waals surface area contributed by atoms with Crippen LogP contribution in [0.15, 0.2) is 53.1 Å². The number of aromatic nitrogens is 2. The van der Waals surface area contributed by atoms with E-state index in [4.69, 9.17) is 20.8 Å². The Bertz CT molecular complexity index is 999. The predicted octanol–water partition coefficient (Wildman–Crippen LogP) is 2.05. The molecule has 2 amide bonds. The number of nitrogens with zero attached hydrogens (tertiary/aromatic N) is 2. The minimum absolute atomic E-state index is 0.0213. The maximum Gasteiger partial charge on any atom is 0.343 e. The van der Waals surface area contributed by atoms with Crippen LogP contribution in [0.5, 0.6) is 0 Å². The van der Waals surface area contributed by atoms with Gasteiger partial charge in [-0.25, -0.2) is 9.48 Å². The molecule has 2 aromatic heterocycles. The molecule has 2 heterocycles. The number of benzene rings is 1. The van der Waals surface area contributed by atoms with Crippen LogP contribution in [0, 0.1) is 6.92 Å².